The minimum absolute atomic E-state index is 0.114. The van der Waals surface area contributed by atoms with Crippen LogP contribution >= 0.6 is 0 Å². The third kappa shape index (κ3) is 7.14. The van der Waals surface area contributed by atoms with E-state index in [2.05, 4.69) is 72.3 Å². The maximum absolute atomic E-state index is 15.6. The number of rotatable bonds is 7. The number of benzene rings is 2. The fourth-order valence-corrected chi connectivity index (χ4v) is 22.9. The molecule has 3 spiro atoms. The lowest BCUT2D eigenvalue weighted by Gasteiger charge is -2.74. The summed E-state index contributed by atoms with van der Waals surface area (Å²) < 4.78 is 6.55. The molecule has 0 saturated heterocycles. The van der Waals surface area contributed by atoms with Crippen molar-refractivity contribution in [2.75, 3.05) is 7.05 Å². The molecule has 7 bridgehead atoms. The Labute approximate surface area is 457 Å². The number of esters is 1. The third-order valence-corrected chi connectivity index (χ3v) is 25.8. The van der Waals surface area contributed by atoms with Gasteiger partial charge in [-0.2, -0.15) is 0 Å². The molecule has 2 aromatic carbocycles. The molecule has 13 aliphatic rings. The first-order chi connectivity index (χ1) is 37.2. The van der Waals surface area contributed by atoms with E-state index in [1.807, 2.05) is 19.2 Å². The SMILES string of the molecule is CN[C@@H]1Cc2c(cccc2CO)C#CC2(CCCC2)C[C@]23C[C@@H]4C#CC[C@H](Cc5ccccc5)[C@@H]5CC[C@@]6(C5)C[C@]5(C=O)[C@@H]4[C@@](O)(C[C@@H]4C[C@@H]([C@@H](C)C7CCCC7)CC[C@@H]([C@H]6O)[C@@]45O)[C@@]2(O)C[C@@H]2C[C@H]1[C@@H]1OC(=O)C=C1[C@@H]23. The number of carbonyl (C=O) groups excluding carboxylic acids is 2. The molecular formula is C68H85NO8. The fraction of sp³-hybridized carbons (Fsp3) is 0.706. The summed E-state index contributed by atoms with van der Waals surface area (Å²) in [6.07, 6.45) is 18.8. The van der Waals surface area contributed by atoms with Gasteiger partial charge in [-0.15, -0.1) is 5.92 Å². The average molecular weight is 1040 g/mol. The summed E-state index contributed by atoms with van der Waals surface area (Å²) in [6, 6.07) is 16.6. The van der Waals surface area contributed by atoms with E-state index in [0.717, 1.165) is 86.3 Å². The fourth-order valence-electron chi connectivity index (χ4n) is 22.9. The second kappa shape index (κ2) is 18.4. The first-order valence-corrected chi connectivity index (χ1v) is 30.9. The number of nitrogens with one attached hydrogen (secondary N) is 1. The van der Waals surface area contributed by atoms with E-state index in [1.165, 1.54) is 31.2 Å². The predicted molar refractivity (Wildman–Crippen MR) is 293 cm³/mol. The Morgan fingerprint density at radius 1 is 0.870 bits per heavy atom. The second-order valence-electron chi connectivity index (χ2n) is 28.6. The van der Waals surface area contributed by atoms with Gasteiger partial charge >= 0.3 is 5.97 Å². The van der Waals surface area contributed by atoms with Crippen LogP contribution in [0.2, 0.25) is 0 Å². The van der Waals surface area contributed by atoms with Gasteiger partial charge in [-0.05, 0) is 191 Å². The van der Waals surface area contributed by atoms with E-state index in [4.69, 9.17) is 4.74 Å². The van der Waals surface area contributed by atoms with Crippen molar-refractivity contribution in [3.63, 3.8) is 0 Å². The molecule has 9 saturated carbocycles. The smallest absolute Gasteiger partial charge is 0.331 e. The lowest BCUT2D eigenvalue weighted by Crippen LogP contribution is -2.83. The molecule has 410 valence electrons. The normalized spacial score (nSPS) is 47.1. The summed E-state index contributed by atoms with van der Waals surface area (Å²) in [5.41, 5.74) is -4.10. The van der Waals surface area contributed by atoms with Gasteiger partial charge in [-0.25, -0.2) is 4.79 Å². The number of aliphatic hydroxyl groups excluding tert-OH is 2. The molecule has 0 aromatic heterocycles. The van der Waals surface area contributed by atoms with Gasteiger partial charge in [0, 0.05) is 58.6 Å². The van der Waals surface area contributed by atoms with Crippen LogP contribution in [0.1, 0.15) is 164 Å². The van der Waals surface area contributed by atoms with Crippen LogP contribution in [-0.4, -0.2) is 79.9 Å². The summed E-state index contributed by atoms with van der Waals surface area (Å²) >= 11 is 0. The number of aldehydes is 1. The molecule has 9 nitrogen and oxygen atoms in total. The number of hydrogen-bond acceptors (Lipinski definition) is 9. The number of carbonyl (C=O) groups is 2. The van der Waals surface area contributed by atoms with Gasteiger partial charge in [0.2, 0.25) is 0 Å². The number of fused-ring (bicyclic) bond motifs is 3. The van der Waals surface area contributed by atoms with E-state index in [0.29, 0.717) is 63.2 Å². The van der Waals surface area contributed by atoms with Gasteiger partial charge in [0.05, 0.1) is 29.3 Å². The number of ether oxygens (including phenoxy) is 1. The van der Waals surface area contributed by atoms with Gasteiger partial charge in [-0.3, -0.25) is 0 Å². The maximum Gasteiger partial charge on any atom is 0.331 e. The highest BCUT2D eigenvalue weighted by Gasteiger charge is 2.86. The van der Waals surface area contributed by atoms with E-state index < -0.39 is 74.3 Å². The molecule has 9 fully saturated rings. The van der Waals surface area contributed by atoms with Crippen LogP contribution < -0.4 is 5.32 Å². The summed E-state index contributed by atoms with van der Waals surface area (Å²) in [5, 5.41) is 73.4. The molecule has 2 aromatic rings. The molecule has 6 N–H and O–H groups in total. The second-order valence-corrected chi connectivity index (χ2v) is 28.6. The number of hydrogen-bond donors (Lipinski definition) is 6. The Morgan fingerprint density at radius 2 is 1.68 bits per heavy atom. The Bertz CT molecular complexity index is 2850. The standard InChI is InChI=1S/C68H85NO8/c1-41(43-14-6-7-15-43)45-20-21-55-61(73)63-27-23-47(33-63)46(28-42-12-4-3-5-13-42)17-11-18-48-34-64-38-62(24-8-9-25-62)26-22-44-16-10-19-49(37-70)52(44)31-56(69-2)53-30-50(58(64)54-32-57(72)77-59(53)54)35-67(64,75)66(74)36-51(29-45)68(55,76)65(39-63,40-71)60(48)66/h3-5,10,12-13,16,19,32,40-41,43,45-48,50-51,53,55-56,58-61,69-70,73-76H,6-9,14-15,17,20-21,23-25,27-31,33-39H2,1-2H3/t41-,45-,46+,47+,48-,50-,51-,53+,55-,56+,58+,59-,60+,61+,63+,64-,65-,66-,67+,68-/m0/s1. The van der Waals surface area contributed by atoms with Crippen LogP contribution in [-0.2, 0) is 33.8 Å². The number of likely N-dealkylation sites (N-methyl/N-ethyl adjacent to an activating group) is 1. The Morgan fingerprint density at radius 3 is 2.44 bits per heavy atom. The molecule has 0 radical (unpaired) electrons. The average Bonchev–Trinajstić information content (AvgIpc) is 3.17. The molecule has 20 atom stereocenters. The van der Waals surface area contributed by atoms with Crippen molar-refractivity contribution in [1.29, 1.82) is 0 Å². The van der Waals surface area contributed by atoms with E-state index >= 15 is 15.0 Å². The minimum atomic E-state index is -1.88. The zero-order valence-corrected chi connectivity index (χ0v) is 45.9. The van der Waals surface area contributed by atoms with Gasteiger partial charge in [0.15, 0.2) is 0 Å². The first kappa shape index (κ1) is 51.4. The first-order valence-electron chi connectivity index (χ1n) is 30.9. The highest BCUT2D eigenvalue weighted by atomic mass is 16.5. The van der Waals surface area contributed by atoms with Crippen LogP contribution in [0.3, 0.4) is 0 Å². The van der Waals surface area contributed by atoms with Gasteiger partial charge < -0.3 is 40.4 Å². The summed E-state index contributed by atoms with van der Waals surface area (Å²) in [5.74, 6) is 13.6. The molecule has 1 aliphatic heterocycles. The molecule has 1 heterocycles. The van der Waals surface area contributed by atoms with Gasteiger partial charge in [-0.1, -0.05) is 106 Å². The van der Waals surface area contributed by atoms with Crippen LogP contribution in [0.15, 0.2) is 60.2 Å². The molecule has 12 aliphatic carbocycles. The summed E-state index contributed by atoms with van der Waals surface area (Å²) in [7, 11) is 1.97. The molecule has 0 unspecified atom stereocenters. The van der Waals surface area contributed by atoms with Crippen molar-refractivity contribution in [2.45, 2.75) is 196 Å². The van der Waals surface area contributed by atoms with Crippen molar-refractivity contribution in [2.24, 2.45) is 92.7 Å². The highest BCUT2D eigenvalue weighted by Crippen LogP contribution is 2.81. The van der Waals surface area contributed by atoms with Crippen molar-refractivity contribution >= 4 is 12.3 Å². The minimum Gasteiger partial charge on any atom is -0.454 e. The van der Waals surface area contributed by atoms with E-state index in [-0.39, 0.29) is 67.0 Å². The highest BCUT2D eigenvalue weighted by molar-refractivity contribution is 5.86. The molecule has 15 rings (SSSR count). The Balaban J connectivity index is 1.02. The van der Waals surface area contributed by atoms with Crippen molar-refractivity contribution in [3.05, 3.63) is 82.4 Å². The lowest BCUT2D eigenvalue weighted by atomic mass is 9.32. The van der Waals surface area contributed by atoms with Crippen LogP contribution in [0.25, 0.3) is 0 Å². The van der Waals surface area contributed by atoms with Gasteiger partial charge in [0.1, 0.15) is 18.0 Å². The Kier molecular flexibility index (Phi) is 12.2. The lowest BCUT2D eigenvalue weighted by molar-refractivity contribution is -0.363. The van der Waals surface area contributed by atoms with Gasteiger partial charge in [0.25, 0.3) is 0 Å². The molecule has 77 heavy (non-hydrogen) atoms. The quantitative estimate of drug-likeness (QED) is 0.0905. The maximum atomic E-state index is 15.6. The zero-order chi connectivity index (χ0) is 52.9. The van der Waals surface area contributed by atoms with Crippen molar-refractivity contribution < 1.29 is 39.9 Å². The summed E-state index contributed by atoms with van der Waals surface area (Å²) in [4.78, 5) is 29.7. The number of aliphatic hydroxyl groups is 5. The zero-order valence-electron chi connectivity index (χ0n) is 45.9. The van der Waals surface area contributed by atoms with Crippen LogP contribution in [0.5, 0.6) is 0 Å². The largest absolute Gasteiger partial charge is 0.454 e. The summed E-state index contributed by atoms with van der Waals surface area (Å²) in [6.45, 7) is 2.30. The van der Waals surface area contributed by atoms with Crippen molar-refractivity contribution in [1.82, 2.24) is 5.32 Å². The molecular weight excluding hydrogens is 959 g/mol. The topological polar surface area (TPSA) is 157 Å². The monoisotopic (exact) mass is 1040 g/mol. The predicted octanol–water partition coefficient (Wildman–Crippen LogP) is 9.21. The van der Waals surface area contributed by atoms with E-state index in [1.54, 1.807) is 6.08 Å². The van der Waals surface area contributed by atoms with E-state index in [9.17, 15) is 20.1 Å². The van der Waals surface area contributed by atoms with Crippen molar-refractivity contribution in [3.8, 4) is 23.7 Å². The molecule has 0 amide bonds. The third-order valence-electron chi connectivity index (χ3n) is 25.8. The van der Waals surface area contributed by atoms with Crippen LogP contribution in [0.4, 0.5) is 0 Å². The van der Waals surface area contributed by atoms with Crippen LogP contribution in [0, 0.1) is 116 Å². The Hall–Kier alpha value is -3.80. The molecule has 9 heteroatoms.